The van der Waals surface area contributed by atoms with Crippen LogP contribution < -0.4 is 14.8 Å². The lowest BCUT2D eigenvalue weighted by molar-refractivity contribution is 0.0697. The van der Waals surface area contributed by atoms with E-state index < -0.39 is 23.5 Å². The van der Waals surface area contributed by atoms with E-state index in [9.17, 15) is 23.5 Å². The van der Waals surface area contributed by atoms with Gasteiger partial charge in [-0.1, -0.05) is 0 Å². The zero-order valence-corrected chi connectivity index (χ0v) is 12.7. The van der Waals surface area contributed by atoms with Crippen LogP contribution in [0.15, 0.2) is 30.3 Å². The molecule has 8 heteroatoms. The molecule has 24 heavy (non-hydrogen) atoms. The summed E-state index contributed by atoms with van der Waals surface area (Å²) >= 11 is 0. The summed E-state index contributed by atoms with van der Waals surface area (Å²) in [7, 11) is 2.68. The first-order valence-electron chi connectivity index (χ1n) is 6.63. The summed E-state index contributed by atoms with van der Waals surface area (Å²) in [5.74, 6) is -4.03. The number of carboxylic acid groups (broad SMARTS) is 1. The van der Waals surface area contributed by atoms with E-state index in [1.54, 1.807) is 0 Å². The van der Waals surface area contributed by atoms with E-state index in [1.165, 1.54) is 26.4 Å². The second-order valence-electron chi connectivity index (χ2n) is 4.64. The standard InChI is InChI=1S/C16H13F2NO5/c1-23-13-6-9(16(21)22)12(7-14(13)24-2)19-15(20)8-3-4-10(17)11(18)5-8/h3-7H,1-2H3,(H,19,20)(H,21,22). The fraction of sp³-hybridized carbons (Fsp3) is 0.125. The van der Waals surface area contributed by atoms with Gasteiger partial charge in [-0.2, -0.15) is 0 Å². The first-order valence-corrected chi connectivity index (χ1v) is 6.63. The summed E-state index contributed by atoms with van der Waals surface area (Å²) in [4.78, 5) is 23.5. The first-order chi connectivity index (χ1) is 11.4. The molecule has 0 spiro atoms. The summed E-state index contributed by atoms with van der Waals surface area (Å²) in [6, 6.07) is 5.04. The average Bonchev–Trinajstić information content (AvgIpc) is 2.56. The molecule has 2 aromatic rings. The molecular weight excluding hydrogens is 324 g/mol. The third-order valence-corrected chi connectivity index (χ3v) is 3.18. The smallest absolute Gasteiger partial charge is 0.337 e. The third-order valence-electron chi connectivity index (χ3n) is 3.18. The van der Waals surface area contributed by atoms with Crippen molar-refractivity contribution in [2.45, 2.75) is 0 Å². The van der Waals surface area contributed by atoms with Crippen molar-refractivity contribution in [2.24, 2.45) is 0 Å². The Balaban J connectivity index is 2.41. The number of carboxylic acids is 1. The predicted molar refractivity (Wildman–Crippen MR) is 80.8 cm³/mol. The second-order valence-corrected chi connectivity index (χ2v) is 4.64. The largest absolute Gasteiger partial charge is 0.493 e. The van der Waals surface area contributed by atoms with Crippen LogP contribution in [-0.2, 0) is 0 Å². The molecule has 0 unspecified atom stereocenters. The predicted octanol–water partition coefficient (Wildman–Crippen LogP) is 2.93. The number of hydrogen-bond donors (Lipinski definition) is 2. The van der Waals surface area contributed by atoms with Gasteiger partial charge in [0.05, 0.1) is 25.5 Å². The van der Waals surface area contributed by atoms with E-state index in [4.69, 9.17) is 9.47 Å². The lowest BCUT2D eigenvalue weighted by Gasteiger charge is -2.13. The van der Waals surface area contributed by atoms with E-state index in [1.807, 2.05) is 0 Å². The highest BCUT2D eigenvalue weighted by atomic mass is 19.2. The topological polar surface area (TPSA) is 84.9 Å². The molecule has 0 aliphatic heterocycles. The SMILES string of the molecule is COc1cc(NC(=O)c2ccc(F)c(F)c2)c(C(=O)O)cc1OC. The van der Waals surface area contributed by atoms with Gasteiger partial charge in [0.25, 0.3) is 5.91 Å². The Morgan fingerprint density at radius 3 is 2.17 bits per heavy atom. The molecule has 0 bridgehead atoms. The number of hydrogen-bond acceptors (Lipinski definition) is 4. The van der Waals surface area contributed by atoms with Gasteiger partial charge in [-0.05, 0) is 18.2 Å². The van der Waals surface area contributed by atoms with Crippen molar-refractivity contribution < 1.29 is 33.0 Å². The van der Waals surface area contributed by atoms with Crippen LogP contribution in [0, 0.1) is 11.6 Å². The molecule has 2 N–H and O–H groups in total. The van der Waals surface area contributed by atoms with Crippen molar-refractivity contribution in [3.05, 3.63) is 53.1 Å². The molecular formula is C16H13F2NO5. The van der Waals surface area contributed by atoms with Crippen LogP contribution in [0.1, 0.15) is 20.7 Å². The number of anilines is 1. The van der Waals surface area contributed by atoms with Gasteiger partial charge in [-0.15, -0.1) is 0 Å². The quantitative estimate of drug-likeness (QED) is 0.876. The van der Waals surface area contributed by atoms with Crippen molar-refractivity contribution in [3.8, 4) is 11.5 Å². The number of methoxy groups -OCH3 is 2. The number of benzene rings is 2. The second kappa shape index (κ2) is 6.95. The van der Waals surface area contributed by atoms with E-state index >= 15 is 0 Å². The Kier molecular flexibility index (Phi) is 4.98. The number of halogens is 2. The fourth-order valence-electron chi connectivity index (χ4n) is 1.99. The molecule has 1 amide bonds. The van der Waals surface area contributed by atoms with Gasteiger partial charge in [0.2, 0.25) is 0 Å². The van der Waals surface area contributed by atoms with Crippen LogP contribution in [0.3, 0.4) is 0 Å². The van der Waals surface area contributed by atoms with E-state index in [-0.39, 0.29) is 28.3 Å². The molecule has 0 heterocycles. The Hall–Kier alpha value is -3.16. The lowest BCUT2D eigenvalue weighted by Crippen LogP contribution is -2.15. The highest BCUT2D eigenvalue weighted by molar-refractivity contribution is 6.08. The average molecular weight is 337 g/mol. The zero-order chi connectivity index (χ0) is 17.9. The number of carbonyl (C=O) groups excluding carboxylic acids is 1. The van der Waals surface area contributed by atoms with Crippen molar-refractivity contribution in [1.82, 2.24) is 0 Å². The summed E-state index contributed by atoms with van der Waals surface area (Å²) in [5.41, 5.74) is -0.488. The zero-order valence-electron chi connectivity index (χ0n) is 12.7. The summed E-state index contributed by atoms with van der Waals surface area (Å²) in [6.07, 6.45) is 0. The normalized spacial score (nSPS) is 10.2. The summed E-state index contributed by atoms with van der Waals surface area (Å²) in [6.45, 7) is 0. The minimum Gasteiger partial charge on any atom is -0.493 e. The molecule has 2 rings (SSSR count). The number of carbonyl (C=O) groups is 2. The van der Waals surface area contributed by atoms with Crippen LogP contribution in [-0.4, -0.2) is 31.2 Å². The number of rotatable bonds is 5. The Labute approximate surface area is 135 Å². The van der Waals surface area contributed by atoms with Crippen molar-refractivity contribution >= 4 is 17.6 Å². The highest BCUT2D eigenvalue weighted by Crippen LogP contribution is 2.33. The molecule has 0 radical (unpaired) electrons. The monoisotopic (exact) mass is 337 g/mol. The molecule has 2 aromatic carbocycles. The summed E-state index contributed by atoms with van der Waals surface area (Å²) < 4.78 is 36.2. The molecule has 0 fully saturated rings. The van der Waals surface area contributed by atoms with Crippen molar-refractivity contribution in [1.29, 1.82) is 0 Å². The Morgan fingerprint density at radius 1 is 1.00 bits per heavy atom. The minimum atomic E-state index is -1.31. The van der Waals surface area contributed by atoms with Gasteiger partial charge in [-0.3, -0.25) is 4.79 Å². The Bertz CT molecular complexity index is 807. The van der Waals surface area contributed by atoms with Crippen LogP contribution >= 0.6 is 0 Å². The molecule has 0 aliphatic carbocycles. The third kappa shape index (κ3) is 3.43. The molecule has 0 atom stereocenters. The van der Waals surface area contributed by atoms with Gasteiger partial charge in [0, 0.05) is 17.7 Å². The fourth-order valence-corrected chi connectivity index (χ4v) is 1.99. The molecule has 6 nitrogen and oxygen atoms in total. The van der Waals surface area contributed by atoms with Crippen LogP contribution in [0.5, 0.6) is 11.5 Å². The number of ether oxygens (including phenoxy) is 2. The van der Waals surface area contributed by atoms with Crippen molar-refractivity contribution in [2.75, 3.05) is 19.5 Å². The minimum absolute atomic E-state index is 0.0742. The van der Waals surface area contributed by atoms with Gasteiger partial charge in [-0.25, -0.2) is 13.6 Å². The number of amides is 1. The van der Waals surface area contributed by atoms with Crippen molar-refractivity contribution in [3.63, 3.8) is 0 Å². The highest BCUT2D eigenvalue weighted by Gasteiger charge is 2.19. The molecule has 0 saturated heterocycles. The van der Waals surface area contributed by atoms with Gasteiger partial charge in [0.15, 0.2) is 23.1 Å². The summed E-state index contributed by atoms with van der Waals surface area (Å²) in [5, 5.41) is 11.6. The maximum Gasteiger partial charge on any atom is 0.337 e. The van der Waals surface area contributed by atoms with E-state index in [2.05, 4.69) is 5.32 Å². The van der Waals surface area contributed by atoms with Crippen LogP contribution in [0.25, 0.3) is 0 Å². The molecule has 0 aliphatic rings. The molecule has 0 saturated carbocycles. The first kappa shape index (κ1) is 17.2. The molecule has 126 valence electrons. The number of nitrogens with one attached hydrogen (secondary N) is 1. The van der Waals surface area contributed by atoms with Crippen LogP contribution in [0.4, 0.5) is 14.5 Å². The number of aromatic carboxylic acids is 1. The lowest BCUT2D eigenvalue weighted by atomic mass is 10.1. The van der Waals surface area contributed by atoms with Gasteiger partial charge < -0.3 is 19.9 Å². The Morgan fingerprint density at radius 2 is 1.62 bits per heavy atom. The van der Waals surface area contributed by atoms with E-state index in [0.29, 0.717) is 6.07 Å². The van der Waals surface area contributed by atoms with E-state index in [0.717, 1.165) is 12.1 Å². The van der Waals surface area contributed by atoms with Gasteiger partial charge in [0.1, 0.15) is 0 Å². The van der Waals surface area contributed by atoms with Crippen LogP contribution in [0.2, 0.25) is 0 Å². The maximum absolute atomic E-state index is 13.2. The van der Waals surface area contributed by atoms with Gasteiger partial charge >= 0.3 is 5.97 Å². The molecule has 0 aromatic heterocycles. The maximum atomic E-state index is 13.2.